The van der Waals surface area contributed by atoms with Gasteiger partial charge in [0.15, 0.2) is 0 Å². The van der Waals surface area contributed by atoms with Gasteiger partial charge in [-0.05, 0) is 26.1 Å². The molecule has 0 radical (unpaired) electrons. The van der Waals surface area contributed by atoms with E-state index < -0.39 is 45.7 Å². The molecule has 2 unspecified atom stereocenters. The molecule has 8 nitrogen and oxygen atoms in total. The number of carboxylic acid groups (broad SMARTS) is 1. The molecule has 9 heteroatoms. The number of nitrogens with one attached hydrogen (secondary N) is 1. The first-order valence-corrected chi connectivity index (χ1v) is 6.01. The Hall–Kier alpha value is -2.10. The number of nitrogens with zero attached hydrogens (tertiary/aromatic N) is 1. The smallest absolute Gasteiger partial charge is 0.342 e. The van der Waals surface area contributed by atoms with Crippen LogP contribution >= 0.6 is 0 Å². The molecule has 0 saturated heterocycles. The Kier molecular flexibility index (Phi) is 5.70. The molecule has 0 fully saturated rings. The number of nitro groups is 1. The second-order valence-corrected chi connectivity index (χ2v) is 4.36. The van der Waals surface area contributed by atoms with Crippen LogP contribution in [0.3, 0.4) is 0 Å². The van der Waals surface area contributed by atoms with E-state index in [1.54, 1.807) is 7.05 Å². The number of hydrogen-bond acceptors (Lipinski definition) is 6. The molecule has 0 spiro atoms. The fourth-order valence-electron chi connectivity index (χ4n) is 1.78. The third-order valence-electron chi connectivity index (χ3n) is 2.92. The van der Waals surface area contributed by atoms with E-state index in [0.29, 0.717) is 18.7 Å². The van der Waals surface area contributed by atoms with Crippen molar-refractivity contribution in [1.82, 2.24) is 5.32 Å². The van der Waals surface area contributed by atoms with E-state index in [-0.39, 0.29) is 6.42 Å². The third kappa shape index (κ3) is 3.94. The highest BCUT2D eigenvalue weighted by Gasteiger charge is 2.28. The highest BCUT2D eigenvalue weighted by atomic mass is 19.1. The number of carbonyl (C=O) groups is 1. The van der Waals surface area contributed by atoms with Crippen molar-refractivity contribution in [2.45, 2.75) is 18.6 Å². The maximum Gasteiger partial charge on any atom is 0.342 e. The molecule has 0 heterocycles. The average molecular weight is 302 g/mol. The number of halogens is 1. The molecule has 0 amide bonds. The molecular weight excluding hydrogens is 287 g/mol. The molecular formula is C12H15FN2O6. The molecule has 2 atom stereocenters. The van der Waals surface area contributed by atoms with Crippen LogP contribution in [0.5, 0.6) is 0 Å². The number of carboxylic acids is 1. The van der Waals surface area contributed by atoms with E-state index in [9.17, 15) is 29.5 Å². The van der Waals surface area contributed by atoms with Crippen molar-refractivity contribution in [3.05, 3.63) is 39.2 Å². The van der Waals surface area contributed by atoms with Crippen molar-refractivity contribution in [3.8, 4) is 0 Å². The topological polar surface area (TPSA) is 133 Å². The van der Waals surface area contributed by atoms with Crippen LogP contribution in [-0.2, 0) is 0 Å². The summed E-state index contributed by atoms with van der Waals surface area (Å²) in [4.78, 5) is 20.7. The van der Waals surface area contributed by atoms with Gasteiger partial charge in [-0.1, -0.05) is 0 Å². The van der Waals surface area contributed by atoms with Crippen molar-refractivity contribution in [2.24, 2.45) is 0 Å². The maximum atomic E-state index is 13.8. The summed E-state index contributed by atoms with van der Waals surface area (Å²) >= 11 is 0. The minimum absolute atomic E-state index is 0.0889. The van der Waals surface area contributed by atoms with Crippen LogP contribution in [0.2, 0.25) is 0 Å². The Bertz CT molecular complexity index is 551. The zero-order chi connectivity index (χ0) is 16.2. The number of benzene rings is 1. The number of rotatable bonds is 7. The standard InChI is InChI=1S/C12H15FN2O6/c1-14-3-2-10(16)11(17)6-5-9(15(20)21)7(12(18)19)4-8(6)13/h4-5,10-11,14,16-17H,2-3H2,1H3,(H,18,19). The van der Waals surface area contributed by atoms with Crippen LogP contribution in [0, 0.1) is 15.9 Å². The fraction of sp³-hybridized carbons (Fsp3) is 0.417. The maximum absolute atomic E-state index is 13.8. The number of nitro benzene ring substituents is 1. The van der Waals surface area contributed by atoms with Crippen LogP contribution in [0.1, 0.15) is 28.4 Å². The lowest BCUT2D eigenvalue weighted by atomic mass is 9.99. The van der Waals surface area contributed by atoms with Gasteiger partial charge >= 0.3 is 5.97 Å². The summed E-state index contributed by atoms with van der Waals surface area (Å²) in [7, 11) is 1.62. The zero-order valence-electron chi connectivity index (χ0n) is 11.1. The lowest BCUT2D eigenvalue weighted by molar-refractivity contribution is -0.385. The summed E-state index contributed by atoms with van der Waals surface area (Å²) in [5.74, 6) is -2.79. The molecule has 4 N–H and O–H groups in total. The van der Waals surface area contributed by atoms with Crippen molar-refractivity contribution < 1.29 is 29.4 Å². The SMILES string of the molecule is CNCCC(O)C(O)c1cc([N+](=O)[O-])c(C(=O)O)cc1F. The molecule has 1 rings (SSSR count). The predicted octanol–water partition coefficient (Wildman–Crippen LogP) is 0.436. The van der Waals surface area contributed by atoms with Gasteiger partial charge in [0.05, 0.1) is 11.0 Å². The first kappa shape index (κ1) is 17.0. The summed E-state index contributed by atoms with van der Waals surface area (Å²) in [6.45, 7) is 0.342. The van der Waals surface area contributed by atoms with Crippen LogP contribution in [0.25, 0.3) is 0 Å². The van der Waals surface area contributed by atoms with Gasteiger partial charge in [-0.15, -0.1) is 0 Å². The Morgan fingerprint density at radius 3 is 2.57 bits per heavy atom. The number of aliphatic hydroxyl groups excluding tert-OH is 2. The van der Waals surface area contributed by atoms with Crippen molar-refractivity contribution in [2.75, 3.05) is 13.6 Å². The summed E-state index contributed by atoms with van der Waals surface area (Å²) in [6, 6.07) is 1.09. The van der Waals surface area contributed by atoms with Crippen molar-refractivity contribution in [1.29, 1.82) is 0 Å². The van der Waals surface area contributed by atoms with E-state index in [2.05, 4.69) is 5.32 Å². The molecule has 0 aliphatic carbocycles. The number of aliphatic hydroxyl groups is 2. The molecule has 21 heavy (non-hydrogen) atoms. The van der Waals surface area contributed by atoms with E-state index >= 15 is 0 Å². The van der Waals surface area contributed by atoms with Crippen LogP contribution in [-0.4, -0.2) is 45.9 Å². The molecule has 0 aromatic heterocycles. The van der Waals surface area contributed by atoms with Gasteiger partial charge < -0.3 is 20.6 Å². The molecule has 0 aliphatic rings. The zero-order valence-corrected chi connectivity index (χ0v) is 11.1. The first-order chi connectivity index (χ1) is 9.79. The Labute approximate surface area is 119 Å². The summed E-state index contributed by atoms with van der Waals surface area (Å²) in [5, 5.41) is 41.9. The van der Waals surface area contributed by atoms with E-state index in [1.165, 1.54) is 0 Å². The summed E-state index contributed by atoms with van der Waals surface area (Å²) in [5.41, 5.74) is -2.19. The van der Waals surface area contributed by atoms with Gasteiger partial charge in [-0.3, -0.25) is 10.1 Å². The van der Waals surface area contributed by atoms with Crippen LogP contribution in [0.15, 0.2) is 12.1 Å². The monoisotopic (exact) mass is 302 g/mol. The summed E-state index contributed by atoms with van der Waals surface area (Å²) in [6.07, 6.45) is -2.95. The highest BCUT2D eigenvalue weighted by Crippen LogP contribution is 2.29. The molecule has 1 aromatic rings. The third-order valence-corrected chi connectivity index (χ3v) is 2.92. The number of aromatic carboxylic acids is 1. The largest absolute Gasteiger partial charge is 0.477 e. The second-order valence-electron chi connectivity index (χ2n) is 4.36. The predicted molar refractivity (Wildman–Crippen MR) is 69.5 cm³/mol. The van der Waals surface area contributed by atoms with Gasteiger partial charge in [0.25, 0.3) is 5.69 Å². The number of hydrogen-bond donors (Lipinski definition) is 4. The molecule has 116 valence electrons. The fourth-order valence-corrected chi connectivity index (χ4v) is 1.78. The van der Waals surface area contributed by atoms with Gasteiger partial charge in [-0.2, -0.15) is 0 Å². The van der Waals surface area contributed by atoms with E-state index in [1.807, 2.05) is 0 Å². The van der Waals surface area contributed by atoms with Crippen molar-refractivity contribution >= 4 is 11.7 Å². The lowest BCUT2D eigenvalue weighted by Gasteiger charge is -2.18. The minimum atomic E-state index is -1.69. The van der Waals surface area contributed by atoms with Crippen molar-refractivity contribution in [3.63, 3.8) is 0 Å². The molecule has 0 saturated carbocycles. The average Bonchev–Trinajstić information content (AvgIpc) is 2.43. The molecule has 1 aromatic carbocycles. The Balaban J connectivity index is 3.22. The van der Waals surface area contributed by atoms with E-state index in [0.717, 1.165) is 0 Å². The summed E-state index contributed by atoms with van der Waals surface area (Å²) < 4.78 is 13.8. The van der Waals surface area contributed by atoms with Gasteiger partial charge in [0.1, 0.15) is 17.5 Å². The van der Waals surface area contributed by atoms with Gasteiger partial charge in [0.2, 0.25) is 0 Å². The lowest BCUT2D eigenvalue weighted by Crippen LogP contribution is -2.24. The van der Waals surface area contributed by atoms with Gasteiger partial charge in [-0.25, -0.2) is 9.18 Å². The molecule has 0 aliphatic heterocycles. The van der Waals surface area contributed by atoms with Crippen LogP contribution in [0.4, 0.5) is 10.1 Å². The Morgan fingerprint density at radius 1 is 1.48 bits per heavy atom. The van der Waals surface area contributed by atoms with Crippen LogP contribution < -0.4 is 5.32 Å². The highest BCUT2D eigenvalue weighted by molar-refractivity contribution is 5.92. The Morgan fingerprint density at radius 2 is 2.10 bits per heavy atom. The second kappa shape index (κ2) is 7.07. The quantitative estimate of drug-likeness (QED) is 0.424. The normalized spacial score (nSPS) is 13.7. The van der Waals surface area contributed by atoms with E-state index in [4.69, 9.17) is 5.11 Å². The first-order valence-electron chi connectivity index (χ1n) is 6.01. The van der Waals surface area contributed by atoms with Gasteiger partial charge in [0, 0.05) is 11.6 Å². The minimum Gasteiger partial charge on any atom is -0.477 e. The molecule has 0 bridgehead atoms.